The number of benzene rings is 1. The van der Waals surface area contributed by atoms with Crippen LogP contribution in [0.4, 0.5) is 4.39 Å². The van der Waals surface area contributed by atoms with Gasteiger partial charge in [0.15, 0.2) is 0 Å². The number of halogens is 2. The largest absolute Gasteiger partial charge is 0.334 e. The van der Waals surface area contributed by atoms with Crippen molar-refractivity contribution in [1.29, 1.82) is 0 Å². The number of fused-ring (bicyclic) bond motifs is 1. The van der Waals surface area contributed by atoms with E-state index in [9.17, 15) is 9.18 Å². The van der Waals surface area contributed by atoms with Crippen LogP contribution in [0.2, 0.25) is 0 Å². The van der Waals surface area contributed by atoms with E-state index in [0.717, 1.165) is 26.1 Å². The third-order valence-corrected chi connectivity index (χ3v) is 4.56. The summed E-state index contributed by atoms with van der Waals surface area (Å²) in [6, 6.07) is 4.52. The second-order valence-electron chi connectivity index (χ2n) is 4.90. The fraction of sp³-hybridized carbons (Fsp3) is 0.462. The summed E-state index contributed by atoms with van der Waals surface area (Å²) in [5, 5.41) is 3.31. The monoisotopic (exact) mass is 312 g/mol. The summed E-state index contributed by atoms with van der Waals surface area (Å²) in [5.41, 5.74) is 0.419. The van der Waals surface area contributed by atoms with Crippen molar-refractivity contribution in [3.8, 4) is 0 Å². The van der Waals surface area contributed by atoms with Crippen molar-refractivity contribution in [2.24, 2.45) is 5.92 Å². The Hall–Kier alpha value is -0.940. The van der Waals surface area contributed by atoms with E-state index in [1.807, 2.05) is 4.90 Å². The van der Waals surface area contributed by atoms with Crippen LogP contribution in [-0.4, -0.2) is 36.5 Å². The lowest BCUT2D eigenvalue weighted by molar-refractivity contribution is 0.0735. The molecule has 1 amide bonds. The van der Waals surface area contributed by atoms with E-state index in [1.54, 1.807) is 6.07 Å². The van der Waals surface area contributed by atoms with Crippen LogP contribution in [-0.2, 0) is 0 Å². The summed E-state index contributed by atoms with van der Waals surface area (Å²) >= 11 is 3.32. The van der Waals surface area contributed by atoms with Gasteiger partial charge in [-0.3, -0.25) is 4.79 Å². The Morgan fingerprint density at radius 2 is 2.28 bits per heavy atom. The van der Waals surface area contributed by atoms with Crippen LogP contribution in [0.3, 0.4) is 0 Å². The minimum Gasteiger partial charge on any atom is -0.334 e. The van der Waals surface area contributed by atoms with Gasteiger partial charge in [-0.15, -0.1) is 0 Å². The van der Waals surface area contributed by atoms with Gasteiger partial charge in [-0.1, -0.05) is 0 Å². The number of likely N-dealkylation sites (tertiary alicyclic amines) is 1. The number of hydrogen-bond donors (Lipinski definition) is 1. The first-order valence-corrected chi connectivity index (χ1v) is 6.93. The number of amides is 1. The predicted octanol–water partition coefficient (Wildman–Crippen LogP) is 2.02. The van der Waals surface area contributed by atoms with E-state index < -0.39 is 0 Å². The highest BCUT2D eigenvalue weighted by Crippen LogP contribution is 2.30. The number of nitrogens with zero attached hydrogens (tertiary/aromatic N) is 1. The average Bonchev–Trinajstić information content (AvgIpc) is 2.93. The molecule has 3 nitrogen and oxygen atoms in total. The normalized spacial score (nSPS) is 26.4. The van der Waals surface area contributed by atoms with Crippen molar-refractivity contribution in [2.45, 2.75) is 12.5 Å². The number of carbonyl (C=O) groups excluding carboxylic acids is 1. The number of hydrogen-bond acceptors (Lipinski definition) is 2. The molecule has 2 heterocycles. The van der Waals surface area contributed by atoms with Gasteiger partial charge in [0.25, 0.3) is 5.91 Å². The van der Waals surface area contributed by atoms with Gasteiger partial charge in [-0.2, -0.15) is 0 Å². The molecule has 0 bridgehead atoms. The van der Waals surface area contributed by atoms with E-state index in [-0.39, 0.29) is 17.8 Å². The van der Waals surface area contributed by atoms with E-state index in [1.165, 1.54) is 12.1 Å². The lowest BCUT2D eigenvalue weighted by atomic mass is 10.0. The summed E-state index contributed by atoms with van der Waals surface area (Å²) < 4.78 is 13.9. The van der Waals surface area contributed by atoms with Crippen LogP contribution < -0.4 is 5.32 Å². The molecule has 0 saturated carbocycles. The van der Waals surface area contributed by atoms with Crippen molar-refractivity contribution in [1.82, 2.24) is 10.2 Å². The Morgan fingerprint density at radius 3 is 3.11 bits per heavy atom. The lowest BCUT2D eigenvalue weighted by Crippen LogP contribution is -2.39. The third-order valence-electron chi connectivity index (χ3n) is 3.86. The molecule has 3 rings (SSSR count). The Morgan fingerprint density at radius 1 is 1.44 bits per heavy atom. The summed E-state index contributed by atoms with van der Waals surface area (Å²) in [7, 11) is 0. The Labute approximate surface area is 113 Å². The first-order chi connectivity index (χ1) is 8.66. The molecular weight excluding hydrogens is 299 g/mol. The van der Waals surface area contributed by atoms with Gasteiger partial charge >= 0.3 is 0 Å². The second-order valence-corrected chi connectivity index (χ2v) is 5.75. The molecule has 18 heavy (non-hydrogen) atoms. The van der Waals surface area contributed by atoms with Crippen molar-refractivity contribution < 1.29 is 9.18 Å². The molecule has 2 atom stereocenters. The van der Waals surface area contributed by atoms with E-state index in [0.29, 0.717) is 16.0 Å². The molecule has 2 aliphatic heterocycles. The van der Waals surface area contributed by atoms with Gasteiger partial charge in [-0.25, -0.2) is 4.39 Å². The van der Waals surface area contributed by atoms with Crippen molar-refractivity contribution in [3.63, 3.8) is 0 Å². The van der Waals surface area contributed by atoms with Crippen molar-refractivity contribution in [3.05, 3.63) is 34.1 Å². The summed E-state index contributed by atoms with van der Waals surface area (Å²) in [5.74, 6) is 0.112. The molecule has 1 N–H and O–H groups in total. The maximum Gasteiger partial charge on any atom is 0.255 e. The van der Waals surface area contributed by atoms with Gasteiger partial charge in [-0.05, 0) is 46.5 Å². The first-order valence-electron chi connectivity index (χ1n) is 6.13. The smallest absolute Gasteiger partial charge is 0.255 e. The van der Waals surface area contributed by atoms with Crippen LogP contribution in [0.1, 0.15) is 16.8 Å². The Balaban J connectivity index is 1.88. The van der Waals surface area contributed by atoms with Crippen LogP contribution >= 0.6 is 15.9 Å². The fourth-order valence-corrected chi connectivity index (χ4v) is 3.33. The highest BCUT2D eigenvalue weighted by Gasteiger charge is 2.40. The number of carbonyl (C=O) groups is 1. The van der Waals surface area contributed by atoms with Crippen molar-refractivity contribution in [2.75, 3.05) is 19.6 Å². The molecule has 0 aliphatic carbocycles. The maximum atomic E-state index is 13.3. The highest BCUT2D eigenvalue weighted by atomic mass is 79.9. The van der Waals surface area contributed by atoms with Gasteiger partial charge < -0.3 is 10.2 Å². The zero-order chi connectivity index (χ0) is 12.7. The number of nitrogens with one attached hydrogen (secondary N) is 1. The van der Waals surface area contributed by atoms with E-state index in [2.05, 4.69) is 21.2 Å². The maximum absolute atomic E-state index is 13.3. The van der Waals surface area contributed by atoms with Crippen LogP contribution in [0.5, 0.6) is 0 Å². The van der Waals surface area contributed by atoms with Gasteiger partial charge in [0.2, 0.25) is 0 Å². The zero-order valence-corrected chi connectivity index (χ0v) is 11.4. The molecule has 0 spiro atoms. The van der Waals surface area contributed by atoms with Gasteiger partial charge in [0, 0.05) is 30.1 Å². The fourth-order valence-electron chi connectivity index (χ4n) is 2.92. The topological polar surface area (TPSA) is 32.3 Å². The summed E-state index contributed by atoms with van der Waals surface area (Å²) in [6.45, 7) is 2.61. The standard InChI is InChI=1S/C13H14BrFN2O/c14-11-2-1-9(15)5-10(11)13(18)17-4-3-8-6-16-7-12(8)17/h1-2,5,8,12,16H,3-4,6-7H2/t8-,12+/m1/s1. The molecule has 0 aromatic heterocycles. The Kier molecular flexibility index (Phi) is 3.11. The Bertz CT molecular complexity index is 494. The van der Waals surface area contributed by atoms with Crippen molar-refractivity contribution >= 4 is 21.8 Å². The molecule has 0 radical (unpaired) electrons. The predicted molar refractivity (Wildman–Crippen MR) is 69.9 cm³/mol. The minimum atomic E-state index is -0.373. The molecule has 2 aliphatic rings. The quantitative estimate of drug-likeness (QED) is 0.860. The van der Waals surface area contributed by atoms with Crippen LogP contribution in [0.25, 0.3) is 0 Å². The summed E-state index contributed by atoms with van der Waals surface area (Å²) in [4.78, 5) is 14.3. The molecule has 0 unspecified atom stereocenters. The van der Waals surface area contributed by atoms with Gasteiger partial charge in [0.1, 0.15) is 5.82 Å². The molecule has 1 aromatic carbocycles. The number of rotatable bonds is 1. The lowest BCUT2D eigenvalue weighted by Gasteiger charge is -2.24. The van der Waals surface area contributed by atoms with E-state index >= 15 is 0 Å². The molecule has 96 valence electrons. The zero-order valence-electron chi connectivity index (χ0n) is 9.83. The van der Waals surface area contributed by atoms with Crippen LogP contribution in [0.15, 0.2) is 22.7 Å². The molecule has 5 heteroatoms. The third kappa shape index (κ3) is 1.95. The first kappa shape index (κ1) is 12.1. The molecule has 2 saturated heterocycles. The SMILES string of the molecule is O=C(c1cc(F)ccc1Br)N1CC[C@@H]2CNC[C@@H]21. The molecule has 2 fully saturated rings. The molecule has 1 aromatic rings. The van der Waals surface area contributed by atoms with Crippen LogP contribution in [0, 0.1) is 11.7 Å². The highest BCUT2D eigenvalue weighted by molar-refractivity contribution is 9.10. The minimum absolute atomic E-state index is 0.0717. The second kappa shape index (κ2) is 4.63. The average molecular weight is 313 g/mol. The van der Waals surface area contributed by atoms with E-state index in [4.69, 9.17) is 0 Å². The summed E-state index contributed by atoms with van der Waals surface area (Å²) in [6.07, 6.45) is 1.04. The molecular formula is C13H14BrFN2O. The van der Waals surface area contributed by atoms with Gasteiger partial charge in [0.05, 0.1) is 5.56 Å².